The molecule has 0 aliphatic carbocycles. The predicted octanol–water partition coefficient (Wildman–Crippen LogP) is 1.63. The fourth-order valence-electron chi connectivity index (χ4n) is 3.56. The molecule has 2 aromatic rings. The van der Waals surface area contributed by atoms with Gasteiger partial charge in [0, 0.05) is 20.7 Å². The van der Waals surface area contributed by atoms with Crippen LogP contribution in [0.5, 0.6) is 5.88 Å². The molecule has 0 saturated carbocycles. The minimum atomic E-state index is -0.851. The van der Waals surface area contributed by atoms with Crippen LogP contribution in [0.15, 0.2) is 38.0 Å². The normalized spacial score (nSPS) is 14.3. The third kappa shape index (κ3) is 4.54. The van der Waals surface area contributed by atoms with Gasteiger partial charge in [-0.3, -0.25) is 28.4 Å². The number of nitrogens with zero attached hydrogens (tertiary/aromatic N) is 5. The van der Waals surface area contributed by atoms with E-state index in [1.807, 2.05) is 13.8 Å². The second-order valence-corrected chi connectivity index (χ2v) is 7.59. The summed E-state index contributed by atoms with van der Waals surface area (Å²) in [5, 5.41) is 18.0. The average Bonchev–Trinajstić information content (AvgIpc) is 3.09. The highest BCUT2D eigenvalue weighted by Crippen LogP contribution is 2.34. The zero-order valence-corrected chi connectivity index (χ0v) is 19.5. The third-order valence-corrected chi connectivity index (χ3v) is 5.52. The molecule has 1 aromatic heterocycles. The fourth-order valence-corrected chi connectivity index (χ4v) is 3.56. The summed E-state index contributed by atoms with van der Waals surface area (Å²) in [6, 6.07) is 4.04. The Bertz CT molecular complexity index is 1250. The van der Waals surface area contributed by atoms with Crippen LogP contribution in [0.3, 0.4) is 0 Å². The number of aromatic nitrogens is 2. The molecule has 2 heterocycles. The third-order valence-electron chi connectivity index (χ3n) is 5.52. The molecule has 1 N–H and O–H groups in total. The van der Waals surface area contributed by atoms with Gasteiger partial charge in [-0.15, -0.1) is 10.2 Å². The first kappa shape index (κ1) is 25.0. The monoisotopic (exact) mass is 473 g/mol. The molecule has 0 radical (unpaired) electrons. The summed E-state index contributed by atoms with van der Waals surface area (Å²) < 4.78 is 12.4. The van der Waals surface area contributed by atoms with E-state index in [0.29, 0.717) is 26.2 Å². The van der Waals surface area contributed by atoms with Crippen LogP contribution < -0.4 is 11.2 Å². The molecule has 12 heteroatoms. The Hall–Kier alpha value is -3.64. The van der Waals surface area contributed by atoms with Crippen LogP contribution >= 0.6 is 0 Å². The zero-order chi connectivity index (χ0) is 25.0. The minimum absolute atomic E-state index is 0.0464. The summed E-state index contributed by atoms with van der Waals surface area (Å²) in [6.45, 7) is 5.20. The maximum Gasteiger partial charge on any atom is 0.333 e. The Balaban J connectivity index is 1.91. The molecular weight excluding hydrogens is 446 g/mol. The first-order valence-corrected chi connectivity index (χ1v) is 10.8. The summed E-state index contributed by atoms with van der Waals surface area (Å²) in [5.74, 6) is -1.69. The zero-order valence-electron chi connectivity index (χ0n) is 19.5. The van der Waals surface area contributed by atoms with Crippen LogP contribution in [0.1, 0.15) is 41.0 Å². The van der Waals surface area contributed by atoms with Crippen LogP contribution in [0, 0.1) is 0 Å². The van der Waals surface area contributed by atoms with Crippen molar-refractivity contribution in [2.75, 3.05) is 26.4 Å². The average molecular weight is 473 g/mol. The lowest BCUT2D eigenvalue weighted by Gasteiger charge is -2.25. The van der Waals surface area contributed by atoms with Crippen molar-refractivity contribution in [1.82, 2.24) is 14.0 Å². The number of azo groups is 1. The van der Waals surface area contributed by atoms with Crippen LogP contribution in [0.2, 0.25) is 0 Å². The number of ether oxygens (including phenoxy) is 2. The van der Waals surface area contributed by atoms with Crippen molar-refractivity contribution in [2.24, 2.45) is 24.3 Å². The van der Waals surface area contributed by atoms with Crippen LogP contribution in [0.4, 0.5) is 11.4 Å². The maximum absolute atomic E-state index is 13.2. The number of imide groups is 1. The van der Waals surface area contributed by atoms with Crippen LogP contribution in [-0.4, -0.2) is 63.4 Å². The smallest absolute Gasteiger partial charge is 0.333 e. The Morgan fingerprint density at radius 2 is 1.68 bits per heavy atom. The van der Waals surface area contributed by atoms with Gasteiger partial charge in [0.25, 0.3) is 17.4 Å². The number of carbonyl (C=O) groups is 2. The van der Waals surface area contributed by atoms with E-state index in [1.165, 1.54) is 26.2 Å². The second kappa shape index (κ2) is 10.5. The lowest BCUT2D eigenvalue weighted by Crippen LogP contribution is -2.42. The summed E-state index contributed by atoms with van der Waals surface area (Å²) in [4.78, 5) is 51.7. The van der Waals surface area contributed by atoms with Gasteiger partial charge in [-0.25, -0.2) is 4.79 Å². The van der Waals surface area contributed by atoms with E-state index < -0.39 is 40.7 Å². The van der Waals surface area contributed by atoms with Gasteiger partial charge in [-0.2, -0.15) is 0 Å². The number of hydrogen-bond donors (Lipinski definition) is 1. The van der Waals surface area contributed by atoms with E-state index in [2.05, 4.69) is 10.2 Å². The number of benzene rings is 1. The van der Waals surface area contributed by atoms with Crippen molar-refractivity contribution >= 4 is 23.2 Å². The number of carbonyl (C=O) groups excluding carboxylic acids is 2. The second-order valence-electron chi connectivity index (χ2n) is 7.59. The van der Waals surface area contributed by atoms with Gasteiger partial charge in [0.1, 0.15) is 0 Å². The van der Waals surface area contributed by atoms with Crippen LogP contribution in [0.25, 0.3) is 0 Å². The molecule has 1 unspecified atom stereocenters. The van der Waals surface area contributed by atoms with Gasteiger partial charge in [0.05, 0.1) is 42.7 Å². The lowest BCUT2D eigenvalue weighted by molar-refractivity contribution is 0.0201. The fraction of sp³-hybridized carbons (Fsp3) is 0.455. The van der Waals surface area contributed by atoms with Crippen molar-refractivity contribution in [3.63, 3.8) is 0 Å². The highest BCUT2D eigenvalue weighted by molar-refractivity contribution is 6.23. The summed E-state index contributed by atoms with van der Waals surface area (Å²) in [5.41, 5.74) is -1.79. The number of rotatable bonds is 10. The first-order valence-electron chi connectivity index (χ1n) is 10.8. The molecule has 12 nitrogen and oxygen atoms in total. The van der Waals surface area contributed by atoms with Crippen molar-refractivity contribution in [3.8, 4) is 5.88 Å². The molecule has 0 bridgehead atoms. The quantitative estimate of drug-likeness (QED) is 0.314. The molecule has 2 amide bonds. The summed E-state index contributed by atoms with van der Waals surface area (Å²) in [6.07, 6.45) is 0.485. The van der Waals surface area contributed by atoms with Crippen molar-refractivity contribution < 1.29 is 24.2 Å². The summed E-state index contributed by atoms with van der Waals surface area (Å²) >= 11 is 0. The molecule has 1 aromatic carbocycles. The number of aromatic hydroxyl groups is 1. The van der Waals surface area contributed by atoms with E-state index >= 15 is 0 Å². The Kier molecular flexibility index (Phi) is 7.74. The number of hydrogen-bond acceptors (Lipinski definition) is 9. The van der Waals surface area contributed by atoms with Crippen molar-refractivity contribution in [3.05, 3.63) is 50.2 Å². The molecule has 0 spiro atoms. The number of fused-ring (bicyclic) bond motifs is 1. The largest absolute Gasteiger partial charge is 0.493 e. The van der Waals surface area contributed by atoms with Crippen molar-refractivity contribution in [1.29, 1.82) is 0 Å². The SMILES string of the molecule is CCOCCOCC(CC)N1C(=O)c2cccc(N=Nc3c(O)n(C)c(=O)n(C)c3=O)c2C1=O. The highest BCUT2D eigenvalue weighted by Gasteiger charge is 2.41. The van der Waals surface area contributed by atoms with E-state index in [0.717, 1.165) is 14.0 Å². The van der Waals surface area contributed by atoms with Gasteiger partial charge in [0.2, 0.25) is 11.6 Å². The standard InChI is InChI=1S/C22H27N5O7/c1-5-13(12-34-11-10-33-6-2)27-18(28)14-8-7-9-15(16(14)19(27)29)23-24-17-20(30)25(3)22(32)26(4)21(17)31/h7-9,13,30H,5-6,10-12H2,1-4H3. The number of amides is 2. The topological polar surface area (TPSA) is 145 Å². The Labute approximate surface area is 195 Å². The molecule has 0 fully saturated rings. The van der Waals surface area contributed by atoms with Gasteiger partial charge in [-0.05, 0) is 25.5 Å². The first-order chi connectivity index (χ1) is 16.2. The van der Waals surface area contributed by atoms with Gasteiger partial charge in [0.15, 0.2) is 0 Å². The Morgan fingerprint density at radius 3 is 2.35 bits per heavy atom. The van der Waals surface area contributed by atoms with Gasteiger partial charge in [-0.1, -0.05) is 13.0 Å². The minimum Gasteiger partial charge on any atom is -0.493 e. The molecule has 3 rings (SSSR count). The lowest BCUT2D eigenvalue weighted by atomic mass is 10.1. The van der Waals surface area contributed by atoms with Crippen molar-refractivity contribution in [2.45, 2.75) is 26.3 Å². The van der Waals surface area contributed by atoms with E-state index in [1.54, 1.807) is 6.07 Å². The van der Waals surface area contributed by atoms with Gasteiger partial charge < -0.3 is 14.6 Å². The Morgan fingerprint density at radius 1 is 0.971 bits per heavy atom. The van der Waals surface area contributed by atoms with E-state index in [4.69, 9.17) is 9.47 Å². The summed E-state index contributed by atoms with van der Waals surface area (Å²) in [7, 11) is 2.52. The maximum atomic E-state index is 13.2. The molecule has 1 aliphatic heterocycles. The highest BCUT2D eigenvalue weighted by atomic mass is 16.5. The molecular formula is C22H27N5O7. The van der Waals surface area contributed by atoms with Gasteiger partial charge >= 0.3 is 5.69 Å². The molecule has 182 valence electrons. The van der Waals surface area contributed by atoms with Crippen LogP contribution in [-0.2, 0) is 23.6 Å². The van der Waals surface area contributed by atoms with E-state index in [9.17, 15) is 24.3 Å². The predicted molar refractivity (Wildman–Crippen MR) is 121 cm³/mol. The molecule has 1 aliphatic rings. The van der Waals surface area contributed by atoms with E-state index in [-0.39, 0.29) is 23.4 Å². The molecule has 1 atom stereocenters. The molecule has 34 heavy (non-hydrogen) atoms. The molecule has 0 saturated heterocycles.